The molecule has 2 fully saturated rings. The van der Waals surface area contributed by atoms with E-state index in [-0.39, 0.29) is 18.3 Å². The maximum Gasteiger partial charge on any atom is 0.227 e. The maximum absolute atomic E-state index is 12.2. The summed E-state index contributed by atoms with van der Waals surface area (Å²) in [6, 6.07) is 4.50. The number of halogens is 1. The number of amides is 1. The van der Waals surface area contributed by atoms with Gasteiger partial charge in [-0.05, 0) is 36.9 Å². The van der Waals surface area contributed by atoms with E-state index in [0.717, 1.165) is 31.6 Å². The van der Waals surface area contributed by atoms with Crippen LogP contribution in [0, 0.1) is 5.92 Å². The fourth-order valence-corrected chi connectivity index (χ4v) is 3.06. The molecule has 1 aromatic heterocycles. The molecule has 2 aliphatic heterocycles. The maximum atomic E-state index is 12.2. The Balaban J connectivity index is 0.00000133. The second-order valence-electron chi connectivity index (χ2n) is 5.28. The smallest absolute Gasteiger partial charge is 0.227 e. The molecule has 0 aliphatic carbocycles. The second-order valence-corrected chi connectivity index (χ2v) is 5.28. The standard InChI is InChI=1S/C14H19N3O.ClH/c18-14(8-11-2-1-5-15-9-11)17-7-4-13-12(10-17)3-6-16-13;/h1-2,5,9,12-13,16H,3-4,6-8,10H2;1H. The molecule has 5 heteroatoms. The number of rotatable bonds is 2. The highest BCUT2D eigenvalue weighted by atomic mass is 35.5. The quantitative estimate of drug-likeness (QED) is 0.888. The summed E-state index contributed by atoms with van der Waals surface area (Å²) in [6.07, 6.45) is 6.31. The highest BCUT2D eigenvalue weighted by molar-refractivity contribution is 5.85. The number of aromatic nitrogens is 1. The molecule has 2 unspecified atom stereocenters. The Morgan fingerprint density at radius 3 is 3.16 bits per heavy atom. The van der Waals surface area contributed by atoms with E-state index in [1.165, 1.54) is 6.42 Å². The van der Waals surface area contributed by atoms with Gasteiger partial charge in [-0.15, -0.1) is 12.4 Å². The summed E-state index contributed by atoms with van der Waals surface area (Å²) in [5, 5.41) is 3.52. The molecule has 1 N–H and O–H groups in total. The van der Waals surface area contributed by atoms with Crippen LogP contribution in [0.2, 0.25) is 0 Å². The zero-order valence-corrected chi connectivity index (χ0v) is 11.7. The molecule has 1 aromatic rings. The van der Waals surface area contributed by atoms with E-state index in [4.69, 9.17) is 0 Å². The first-order chi connectivity index (χ1) is 8.83. The topological polar surface area (TPSA) is 45.2 Å². The molecule has 104 valence electrons. The number of hydrogen-bond donors (Lipinski definition) is 1. The van der Waals surface area contributed by atoms with Gasteiger partial charge in [0.05, 0.1) is 6.42 Å². The van der Waals surface area contributed by atoms with Crippen molar-refractivity contribution >= 4 is 18.3 Å². The van der Waals surface area contributed by atoms with Gasteiger partial charge >= 0.3 is 0 Å². The molecule has 2 saturated heterocycles. The van der Waals surface area contributed by atoms with Crippen LogP contribution in [0.3, 0.4) is 0 Å². The fraction of sp³-hybridized carbons (Fsp3) is 0.571. The van der Waals surface area contributed by atoms with Crippen LogP contribution >= 0.6 is 12.4 Å². The summed E-state index contributed by atoms with van der Waals surface area (Å²) in [5.74, 6) is 0.907. The average molecular weight is 282 g/mol. The number of pyridine rings is 1. The highest BCUT2D eigenvalue weighted by Gasteiger charge is 2.34. The van der Waals surface area contributed by atoms with Crippen molar-refractivity contribution in [1.29, 1.82) is 0 Å². The van der Waals surface area contributed by atoms with E-state index in [9.17, 15) is 4.79 Å². The molecule has 0 radical (unpaired) electrons. The summed E-state index contributed by atoms with van der Waals surface area (Å²) in [5.41, 5.74) is 1.01. The van der Waals surface area contributed by atoms with Crippen LogP contribution in [-0.2, 0) is 11.2 Å². The lowest BCUT2D eigenvalue weighted by atomic mass is 9.93. The first kappa shape index (κ1) is 14.3. The van der Waals surface area contributed by atoms with Crippen molar-refractivity contribution in [2.24, 2.45) is 5.92 Å². The lowest BCUT2D eigenvalue weighted by molar-refractivity contribution is -0.132. The van der Waals surface area contributed by atoms with Crippen LogP contribution < -0.4 is 5.32 Å². The van der Waals surface area contributed by atoms with Crippen LogP contribution in [0.25, 0.3) is 0 Å². The molecular formula is C14H20ClN3O. The average Bonchev–Trinajstić information content (AvgIpc) is 2.87. The molecule has 4 nitrogen and oxygen atoms in total. The Kier molecular flexibility index (Phi) is 4.77. The van der Waals surface area contributed by atoms with E-state index < -0.39 is 0 Å². The van der Waals surface area contributed by atoms with Gasteiger partial charge in [0, 0.05) is 31.5 Å². The van der Waals surface area contributed by atoms with E-state index >= 15 is 0 Å². The Hall–Kier alpha value is -1.13. The normalized spacial score (nSPS) is 25.6. The van der Waals surface area contributed by atoms with E-state index in [1.54, 1.807) is 12.4 Å². The molecule has 19 heavy (non-hydrogen) atoms. The fourth-order valence-electron chi connectivity index (χ4n) is 3.06. The molecule has 3 rings (SSSR count). The number of piperidine rings is 1. The summed E-state index contributed by atoms with van der Waals surface area (Å²) in [6.45, 7) is 2.93. The third-order valence-corrected chi connectivity index (χ3v) is 4.09. The van der Waals surface area contributed by atoms with Gasteiger partial charge in [-0.1, -0.05) is 6.07 Å². The van der Waals surface area contributed by atoms with Crippen molar-refractivity contribution in [1.82, 2.24) is 15.2 Å². The van der Waals surface area contributed by atoms with Crippen molar-refractivity contribution in [2.75, 3.05) is 19.6 Å². The zero-order valence-electron chi connectivity index (χ0n) is 10.9. The van der Waals surface area contributed by atoms with Gasteiger partial charge in [-0.2, -0.15) is 0 Å². The Labute approximate surface area is 120 Å². The van der Waals surface area contributed by atoms with Gasteiger partial charge in [-0.3, -0.25) is 9.78 Å². The van der Waals surface area contributed by atoms with E-state index in [1.807, 2.05) is 17.0 Å². The number of hydrogen-bond acceptors (Lipinski definition) is 3. The van der Waals surface area contributed by atoms with Gasteiger partial charge in [0.2, 0.25) is 5.91 Å². The first-order valence-corrected chi connectivity index (χ1v) is 6.73. The molecule has 2 aliphatic rings. The first-order valence-electron chi connectivity index (χ1n) is 6.73. The molecule has 3 heterocycles. The summed E-state index contributed by atoms with van der Waals surface area (Å²) in [4.78, 5) is 18.3. The SMILES string of the molecule is Cl.O=C(Cc1cccnc1)N1CCC2NCCC2C1. The largest absolute Gasteiger partial charge is 0.342 e. The summed E-state index contributed by atoms with van der Waals surface area (Å²) >= 11 is 0. The molecule has 0 saturated carbocycles. The number of carbonyl (C=O) groups excluding carboxylic acids is 1. The van der Waals surface area contributed by atoms with Crippen molar-refractivity contribution in [2.45, 2.75) is 25.3 Å². The predicted octanol–water partition coefficient (Wildman–Crippen LogP) is 1.26. The number of fused-ring (bicyclic) bond motifs is 1. The van der Waals surface area contributed by atoms with Gasteiger partial charge in [0.25, 0.3) is 0 Å². The van der Waals surface area contributed by atoms with Crippen LogP contribution in [0.5, 0.6) is 0 Å². The van der Waals surface area contributed by atoms with Crippen molar-refractivity contribution in [3.63, 3.8) is 0 Å². The van der Waals surface area contributed by atoms with Gasteiger partial charge in [0.1, 0.15) is 0 Å². The van der Waals surface area contributed by atoms with Crippen molar-refractivity contribution in [3.8, 4) is 0 Å². The lowest BCUT2D eigenvalue weighted by Crippen LogP contribution is -2.47. The van der Waals surface area contributed by atoms with Crippen molar-refractivity contribution < 1.29 is 4.79 Å². The molecule has 0 spiro atoms. The molecule has 1 amide bonds. The third kappa shape index (κ3) is 3.25. The van der Waals surface area contributed by atoms with E-state index in [0.29, 0.717) is 18.4 Å². The number of carbonyl (C=O) groups is 1. The number of nitrogens with one attached hydrogen (secondary N) is 1. The highest BCUT2D eigenvalue weighted by Crippen LogP contribution is 2.24. The van der Waals surface area contributed by atoms with Crippen LogP contribution in [0.4, 0.5) is 0 Å². The molecular weight excluding hydrogens is 262 g/mol. The predicted molar refractivity (Wildman–Crippen MR) is 76.3 cm³/mol. The molecule has 2 atom stereocenters. The van der Waals surface area contributed by atoms with Crippen LogP contribution in [0.15, 0.2) is 24.5 Å². The number of likely N-dealkylation sites (tertiary alicyclic amines) is 1. The van der Waals surface area contributed by atoms with Crippen molar-refractivity contribution in [3.05, 3.63) is 30.1 Å². The van der Waals surface area contributed by atoms with Gasteiger partial charge in [-0.25, -0.2) is 0 Å². The third-order valence-electron chi connectivity index (χ3n) is 4.09. The summed E-state index contributed by atoms with van der Waals surface area (Å²) in [7, 11) is 0. The minimum atomic E-state index is 0. The summed E-state index contributed by atoms with van der Waals surface area (Å²) < 4.78 is 0. The van der Waals surface area contributed by atoms with E-state index in [2.05, 4.69) is 10.3 Å². The lowest BCUT2D eigenvalue weighted by Gasteiger charge is -2.35. The second kappa shape index (κ2) is 6.35. The van der Waals surface area contributed by atoms with Crippen LogP contribution in [-0.4, -0.2) is 41.5 Å². The zero-order chi connectivity index (χ0) is 12.4. The van der Waals surface area contributed by atoms with Gasteiger partial charge in [0.15, 0.2) is 0 Å². The minimum absolute atomic E-state index is 0. The van der Waals surface area contributed by atoms with Crippen LogP contribution in [0.1, 0.15) is 18.4 Å². The monoisotopic (exact) mass is 281 g/mol. The Morgan fingerprint density at radius 2 is 2.37 bits per heavy atom. The minimum Gasteiger partial charge on any atom is -0.342 e. The molecule has 0 bridgehead atoms. The number of nitrogens with zero attached hydrogens (tertiary/aromatic N) is 2. The molecule has 0 aromatic carbocycles. The Morgan fingerprint density at radius 1 is 1.47 bits per heavy atom. The van der Waals surface area contributed by atoms with Gasteiger partial charge < -0.3 is 10.2 Å². The Bertz CT molecular complexity index is 426.